The van der Waals surface area contributed by atoms with Gasteiger partial charge in [-0.3, -0.25) is 9.35 Å². The number of benzene rings is 2. The van der Waals surface area contributed by atoms with Gasteiger partial charge in [0.25, 0.3) is 10.1 Å². The van der Waals surface area contributed by atoms with Gasteiger partial charge in [-0.05, 0) is 36.7 Å². The van der Waals surface area contributed by atoms with E-state index in [0.717, 1.165) is 41.7 Å². The Kier molecular flexibility index (Phi) is 8.74. The van der Waals surface area contributed by atoms with Gasteiger partial charge in [-0.2, -0.15) is 8.42 Å². The molecule has 178 valence electrons. The molecular weight excluding hydrogens is 472 g/mol. The number of nitrogens with zero attached hydrogens (tertiary/aromatic N) is 1. The molecule has 34 heavy (non-hydrogen) atoms. The van der Waals surface area contributed by atoms with E-state index in [1.807, 2.05) is 24.3 Å². The summed E-state index contributed by atoms with van der Waals surface area (Å²) in [5.41, 5.74) is 5.25. The molecular formula is C26H27ClN2O4S. The fourth-order valence-electron chi connectivity index (χ4n) is 3.59. The predicted molar refractivity (Wildman–Crippen MR) is 137 cm³/mol. The summed E-state index contributed by atoms with van der Waals surface area (Å²) in [7, 11) is -3.67. The van der Waals surface area contributed by atoms with Gasteiger partial charge in [-0.15, -0.1) is 0 Å². The number of carbonyl (C=O) groups is 1. The fraction of sp³-hybridized carbons (Fsp3) is 0.231. The molecule has 6 nitrogen and oxygen atoms in total. The summed E-state index contributed by atoms with van der Waals surface area (Å²) < 4.78 is 25.9. The van der Waals surface area contributed by atoms with E-state index < -0.39 is 10.1 Å². The number of rotatable bonds is 7. The summed E-state index contributed by atoms with van der Waals surface area (Å²) in [4.78, 5) is 17.9. The number of aromatic nitrogens is 1. The van der Waals surface area contributed by atoms with Crippen LogP contribution in [0.3, 0.4) is 0 Å². The van der Waals surface area contributed by atoms with Crippen LogP contribution in [-0.4, -0.2) is 36.5 Å². The van der Waals surface area contributed by atoms with Crippen molar-refractivity contribution in [3.05, 3.63) is 88.4 Å². The fourth-order valence-corrected chi connectivity index (χ4v) is 3.78. The Bertz CT molecular complexity index is 1360. The summed E-state index contributed by atoms with van der Waals surface area (Å²) in [5.74, 6) is -0.0569. The first-order valence-corrected chi connectivity index (χ1v) is 13.1. The number of hydrogen-bond donors (Lipinski definition) is 2. The molecule has 0 amide bonds. The summed E-state index contributed by atoms with van der Waals surface area (Å²) in [6.45, 7) is 3.98. The van der Waals surface area contributed by atoms with Crippen LogP contribution < -0.4 is 5.32 Å². The van der Waals surface area contributed by atoms with Crippen molar-refractivity contribution >= 4 is 38.4 Å². The van der Waals surface area contributed by atoms with Gasteiger partial charge < -0.3 is 5.32 Å². The highest BCUT2D eigenvalue weighted by atomic mass is 35.5. The molecule has 0 bridgehead atoms. The van der Waals surface area contributed by atoms with E-state index in [1.165, 1.54) is 12.0 Å². The van der Waals surface area contributed by atoms with E-state index in [4.69, 9.17) is 21.1 Å². The Morgan fingerprint density at radius 1 is 1.03 bits per heavy atom. The minimum Gasteiger partial charge on any atom is -0.313 e. The van der Waals surface area contributed by atoms with E-state index in [-0.39, 0.29) is 5.78 Å². The van der Waals surface area contributed by atoms with Gasteiger partial charge in [0.2, 0.25) is 0 Å². The third-order valence-electron chi connectivity index (χ3n) is 5.12. The van der Waals surface area contributed by atoms with Crippen LogP contribution in [0.15, 0.2) is 66.7 Å². The molecule has 2 aromatic rings. The second kappa shape index (κ2) is 11.5. The molecule has 1 aliphatic carbocycles. The average molecular weight is 499 g/mol. The van der Waals surface area contributed by atoms with E-state index in [1.54, 1.807) is 24.3 Å². The first-order valence-electron chi connectivity index (χ1n) is 10.9. The lowest BCUT2D eigenvalue weighted by Crippen LogP contribution is -2.14. The lowest BCUT2D eigenvalue weighted by Gasteiger charge is -2.04. The molecule has 0 saturated carbocycles. The molecule has 0 fully saturated rings. The zero-order valence-corrected chi connectivity index (χ0v) is 20.7. The van der Waals surface area contributed by atoms with Crippen LogP contribution >= 0.6 is 11.6 Å². The maximum atomic E-state index is 13.0. The maximum absolute atomic E-state index is 13.0. The molecule has 0 radical (unpaired) electrons. The Morgan fingerprint density at radius 3 is 2.35 bits per heavy atom. The highest BCUT2D eigenvalue weighted by Gasteiger charge is 2.16. The van der Waals surface area contributed by atoms with Gasteiger partial charge in [0, 0.05) is 33.6 Å². The smallest absolute Gasteiger partial charge is 0.261 e. The minimum atomic E-state index is -3.67. The van der Waals surface area contributed by atoms with Crippen LogP contribution in [0.1, 0.15) is 41.3 Å². The molecule has 0 unspecified atom stereocenters. The van der Waals surface area contributed by atoms with E-state index in [2.05, 4.69) is 30.4 Å². The molecule has 4 rings (SSSR count). The third-order valence-corrected chi connectivity index (χ3v) is 5.36. The van der Waals surface area contributed by atoms with Crippen LogP contribution in [0, 0.1) is 0 Å². The minimum absolute atomic E-state index is 0.0569. The number of nitrogens with one attached hydrogen (secondary N) is 1. The molecule has 0 aromatic heterocycles. The Balaban J connectivity index is 0.000000588. The topological polar surface area (TPSA) is 96.4 Å². The van der Waals surface area contributed by atoms with Crippen molar-refractivity contribution in [3.8, 4) is 11.3 Å². The van der Waals surface area contributed by atoms with Gasteiger partial charge in [0.1, 0.15) is 0 Å². The van der Waals surface area contributed by atoms with Crippen molar-refractivity contribution < 1.29 is 17.8 Å². The molecule has 0 atom stereocenters. The summed E-state index contributed by atoms with van der Waals surface area (Å²) in [6.07, 6.45) is 3.06. The normalized spacial score (nSPS) is 11.3. The standard InChI is InChI=1S/C25H23ClN2O.CH4O3S/c1-2-3-13-27-16-19-9-6-12-22-21-11-5-8-18(15-23(21)28-24(19)22)25(29)17-7-4-10-20(26)14-17;1-5(2,3)4/h4-12,14-15,27H,2-3,13,16H2,1H3;1H3,(H,2,3,4). The number of fused-ring (bicyclic) bond motifs is 3. The second-order valence-electron chi connectivity index (χ2n) is 7.95. The van der Waals surface area contributed by atoms with E-state index in [0.29, 0.717) is 22.4 Å². The van der Waals surface area contributed by atoms with E-state index in [9.17, 15) is 13.2 Å². The first-order chi connectivity index (χ1) is 16.2. The van der Waals surface area contributed by atoms with Crippen molar-refractivity contribution in [2.45, 2.75) is 26.3 Å². The van der Waals surface area contributed by atoms with Gasteiger partial charge in [0.05, 0.1) is 17.5 Å². The molecule has 2 aliphatic rings. The largest absolute Gasteiger partial charge is 0.313 e. The van der Waals surface area contributed by atoms with Crippen molar-refractivity contribution in [3.63, 3.8) is 0 Å². The quantitative estimate of drug-likeness (QED) is 0.195. The zero-order chi connectivity index (χ0) is 24.7. The van der Waals surface area contributed by atoms with Gasteiger partial charge >= 0.3 is 0 Å². The van der Waals surface area contributed by atoms with Crippen molar-refractivity contribution in [1.29, 1.82) is 0 Å². The van der Waals surface area contributed by atoms with Crippen LogP contribution in [0.4, 0.5) is 0 Å². The SMILES string of the molecule is CCCCNCc1cccc2c3cccc(C(=O)c4cccc(Cl)c4)cc-3nc12.CS(=O)(=O)O. The lowest BCUT2D eigenvalue weighted by atomic mass is 10.0. The number of halogens is 1. The maximum Gasteiger partial charge on any atom is 0.261 e. The summed E-state index contributed by atoms with van der Waals surface area (Å²) >= 11 is 6.06. The number of unbranched alkanes of at least 4 members (excludes halogenated alkanes) is 1. The molecule has 1 heterocycles. The number of carbonyl (C=O) groups excluding carboxylic acids is 1. The van der Waals surface area contributed by atoms with E-state index >= 15 is 0 Å². The highest BCUT2D eigenvalue weighted by Crippen LogP contribution is 2.33. The lowest BCUT2D eigenvalue weighted by molar-refractivity contribution is 0.103. The third kappa shape index (κ3) is 7.08. The van der Waals surface area contributed by atoms with Crippen molar-refractivity contribution in [1.82, 2.24) is 10.3 Å². The molecule has 1 aliphatic heterocycles. The monoisotopic (exact) mass is 498 g/mol. The Hall–Kier alpha value is -2.84. The van der Waals surface area contributed by atoms with Gasteiger partial charge in [-0.1, -0.05) is 73.5 Å². The van der Waals surface area contributed by atoms with Gasteiger partial charge in [0.15, 0.2) is 5.78 Å². The molecule has 0 spiro atoms. The van der Waals surface area contributed by atoms with Gasteiger partial charge in [-0.25, -0.2) is 4.98 Å². The Labute approximate surface area is 205 Å². The Morgan fingerprint density at radius 2 is 1.68 bits per heavy atom. The van der Waals surface area contributed by atoms with Crippen molar-refractivity contribution in [2.75, 3.05) is 12.8 Å². The van der Waals surface area contributed by atoms with Crippen LogP contribution in [-0.2, 0) is 16.7 Å². The number of hydrogen-bond acceptors (Lipinski definition) is 5. The van der Waals surface area contributed by atoms with Crippen LogP contribution in [0.2, 0.25) is 5.02 Å². The zero-order valence-electron chi connectivity index (χ0n) is 19.1. The average Bonchev–Trinajstić information content (AvgIpc) is 2.98. The summed E-state index contributed by atoms with van der Waals surface area (Å²) in [6, 6.07) is 21.0. The predicted octanol–water partition coefficient (Wildman–Crippen LogP) is 5.62. The number of para-hydroxylation sites is 1. The second-order valence-corrected chi connectivity index (χ2v) is 9.85. The highest BCUT2D eigenvalue weighted by molar-refractivity contribution is 7.85. The molecule has 2 aromatic carbocycles. The van der Waals surface area contributed by atoms with Crippen LogP contribution in [0.5, 0.6) is 0 Å². The number of ketones is 1. The molecule has 8 heteroatoms. The summed E-state index contributed by atoms with van der Waals surface area (Å²) in [5, 5.41) is 5.17. The molecule has 2 N–H and O–H groups in total. The molecule has 0 saturated heterocycles. The van der Waals surface area contributed by atoms with Crippen LogP contribution in [0.25, 0.3) is 22.2 Å². The van der Waals surface area contributed by atoms with Crippen molar-refractivity contribution in [2.24, 2.45) is 0 Å². The first kappa shape index (κ1) is 25.8.